The van der Waals surface area contributed by atoms with Crippen LogP contribution in [0.4, 0.5) is 0 Å². The summed E-state index contributed by atoms with van der Waals surface area (Å²) in [7, 11) is 3.87. The van der Waals surface area contributed by atoms with Crippen molar-refractivity contribution in [1.29, 1.82) is 0 Å². The Labute approximate surface area is 144 Å². The molecule has 0 aromatic carbocycles. The average Bonchev–Trinajstić information content (AvgIpc) is 2.90. The molecule has 0 amide bonds. The number of methoxy groups -OCH3 is 1. The molecule has 2 rings (SSSR count). The fourth-order valence-corrected chi connectivity index (χ4v) is 3.71. The summed E-state index contributed by atoms with van der Waals surface area (Å²) in [4.78, 5) is 11.3. The van der Waals surface area contributed by atoms with E-state index in [9.17, 15) is 0 Å². The molecule has 0 radical (unpaired) electrons. The first-order valence-corrected chi connectivity index (χ1v) is 9.09. The first-order chi connectivity index (χ1) is 10.7. The SMILES string of the molecule is CCN=C(NC1CC(C)(OC)C1(C)C)N(C)Cc1csc(C)n1. The highest BCUT2D eigenvalue weighted by Gasteiger charge is 2.58. The molecule has 1 saturated carbocycles. The van der Waals surface area contributed by atoms with E-state index < -0.39 is 0 Å². The predicted octanol–water partition coefficient (Wildman–Crippen LogP) is 3.05. The Hall–Kier alpha value is -1.14. The monoisotopic (exact) mass is 338 g/mol. The van der Waals surface area contributed by atoms with Crippen molar-refractivity contribution < 1.29 is 4.74 Å². The van der Waals surface area contributed by atoms with Crippen LogP contribution in [0.1, 0.15) is 44.8 Å². The van der Waals surface area contributed by atoms with Gasteiger partial charge >= 0.3 is 0 Å². The molecule has 1 aromatic rings. The maximum atomic E-state index is 5.72. The number of nitrogens with one attached hydrogen (secondary N) is 1. The molecule has 1 aliphatic carbocycles. The smallest absolute Gasteiger partial charge is 0.194 e. The van der Waals surface area contributed by atoms with E-state index in [0.29, 0.717) is 6.04 Å². The Morgan fingerprint density at radius 2 is 2.22 bits per heavy atom. The Morgan fingerprint density at radius 3 is 2.70 bits per heavy atom. The van der Waals surface area contributed by atoms with Crippen molar-refractivity contribution in [2.75, 3.05) is 20.7 Å². The van der Waals surface area contributed by atoms with E-state index >= 15 is 0 Å². The lowest BCUT2D eigenvalue weighted by Gasteiger charge is -2.59. The molecule has 0 saturated heterocycles. The minimum absolute atomic E-state index is 0.0638. The molecule has 1 heterocycles. The van der Waals surface area contributed by atoms with E-state index in [2.05, 4.69) is 60.3 Å². The number of aromatic nitrogens is 1. The molecule has 2 atom stereocenters. The Balaban J connectivity index is 2.04. The zero-order valence-corrected chi connectivity index (χ0v) is 16.3. The predicted molar refractivity (Wildman–Crippen MR) is 97.0 cm³/mol. The number of aliphatic imine (C=N–C) groups is 1. The van der Waals surface area contributed by atoms with Crippen LogP contribution in [-0.4, -0.2) is 48.2 Å². The summed E-state index contributed by atoms with van der Waals surface area (Å²) < 4.78 is 5.72. The molecule has 23 heavy (non-hydrogen) atoms. The molecule has 1 aliphatic rings. The largest absolute Gasteiger partial charge is 0.378 e. The molecule has 5 nitrogen and oxygen atoms in total. The van der Waals surface area contributed by atoms with Crippen molar-refractivity contribution in [3.63, 3.8) is 0 Å². The van der Waals surface area contributed by atoms with Gasteiger partial charge in [0.05, 0.1) is 22.8 Å². The highest BCUT2D eigenvalue weighted by atomic mass is 32.1. The Morgan fingerprint density at radius 1 is 1.52 bits per heavy atom. The number of rotatable bonds is 5. The first kappa shape index (κ1) is 18.2. The summed E-state index contributed by atoms with van der Waals surface area (Å²) >= 11 is 1.69. The third-order valence-electron chi connectivity index (χ3n) is 5.32. The molecule has 0 spiro atoms. The average molecular weight is 339 g/mol. The van der Waals surface area contributed by atoms with Crippen molar-refractivity contribution >= 4 is 17.3 Å². The molecule has 130 valence electrons. The second kappa shape index (κ2) is 6.77. The van der Waals surface area contributed by atoms with Gasteiger partial charge in [0.1, 0.15) is 0 Å². The van der Waals surface area contributed by atoms with Crippen LogP contribution in [0.2, 0.25) is 0 Å². The molecule has 6 heteroatoms. The summed E-state index contributed by atoms with van der Waals surface area (Å²) in [5.74, 6) is 0.939. The third-order valence-corrected chi connectivity index (χ3v) is 6.14. The van der Waals surface area contributed by atoms with Gasteiger partial charge in [-0.15, -0.1) is 11.3 Å². The van der Waals surface area contributed by atoms with Gasteiger partial charge in [0.15, 0.2) is 5.96 Å². The molecule has 1 aromatic heterocycles. The summed E-state index contributed by atoms with van der Waals surface area (Å²) in [6.45, 7) is 12.3. The highest BCUT2D eigenvalue weighted by molar-refractivity contribution is 7.09. The van der Waals surface area contributed by atoms with Crippen LogP contribution in [0.25, 0.3) is 0 Å². The molecule has 1 fully saturated rings. The molecule has 2 unspecified atom stereocenters. The van der Waals surface area contributed by atoms with Crippen molar-refractivity contribution in [1.82, 2.24) is 15.2 Å². The Kier molecular flexibility index (Phi) is 5.36. The maximum absolute atomic E-state index is 5.72. The number of aryl methyl sites for hydroxylation is 1. The van der Waals surface area contributed by atoms with E-state index in [0.717, 1.165) is 36.2 Å². The van der Waals surface area contributed by atoms with E-state index in [-0.39, 0.29) is 11.0 Å². The first-order valence-electron chi connectivity index (χ1n) is 8.21. The minimum atomic E-state index is -0.0768. The molecule has 1 N–H and O–H groups in total. The van der Waals surface area contributed by atoms with Crippen LogP contribution < -0.4 is 5.32 Å². The summed E-state index contributed by atoms with van der Waals surface area (Å²) in [6.07, 6.45) is 0.989. The van der Waals surface area contributed by atoms with Gasteiger partial charge in [-0.3, -0.25) is 4.99 Å². The van der Waals surface area contributed by atoms with Gasteiger partial charge in [-0.25, -0.2) is 4.98 Å². The van der Waals surface area contributed by atoms with Gasteiger partial charge < -0.3 is 15.0 Å². The van der Waals surface area contributed by atoms with E-state index in [1.165, 1.54) is 0 Å². The van der Waals surface area contributed by atoms with Gasteiger partial charge in [0, 0.05) is 37.5 Å². The number of hydrogen-bond acceptors (Lipinski definition) is 4. The van der Waals surface area contributed by atoms with Crippen LogP contribution in [-0.2, 0) is 11.3 Å². The van der Waals surface area contributed by atoms with Crippen molar-refractivity contribution in [3.8, 4) is 0 Å². The number of ether oxygens (including phenoxy) is 1. The van der Waals surface area contributed by atoms with Gasteiger partial charge in [0.25, 0.3) is 0 Å². The normalized spacial score (nSPS) is 26.7. The molecule has 0 bridgehead atoms. The van der Waals surface area contributed by atoms with Gasteiger partial charge in [0.2, 0.25) is 0 Å². The zero-order valence-electron chi connectivity index (χ0n) is 15.4. The Bertz CT molecular complexity index is 569. The topological polar surface area (TPSA) is 49.8 Å². The standard InChI is InChI=1S/C17H30N4OS/c1-8-18-15(21(6)10-13-11-23-12(2)19-13)20-14-9-17(5,22-7)16(14,3)4/h11,14H,8-10H2,1-7H3,(H,18,20). The van der Waals surface area contributed by atoms with Crippen molar-refractivity contribution in [2.45, 2.75) is 59.2 Å². The van der Waals surface area contributed by atoms with Crippen LogP contribution in [0, 0.1) is 12.3 Å². The number of nitrogens with zero attached hydrogens (tertiary/aromatic N) is 3. The maximum Gasteiger partial charge on any atom is 0.194 e. The van der Waals surface area contributed by atoms with Gasteiger partial charge in [-0.2, -0.15) is 0 Å². The lowest BCUT2D eigenvalue weighted by atomic mass is 9.56. The second-order valence-corrected chi connectivity index (χ2v) is 8.13. The second-order valence-electron chi connectivity index (χ2n) is 7.07. The summed E-state index contributed by atoms with van der Waals surface area (Å²) in [6, 6.07) is 0.359. The summed E-state index contributed by atoms with van der Waals surface area (Å²) in [5, 5.41) is 6.85. The number of hydrogen-bond donors (Lipinski definition) is 1. The van der Waals surface area contributed by atoms with Crippen LogP contribution in [0.15, 0.2) is 10.4 Å². The van der Waals surface area contributed by atoms with Crippen molar-refractivity contribution in [3.05, 3.63) is 16.1 Å². The molecule has 0 aliphatic heterocycles. The van der Waals surface area contributed by atoms with Gasteiger partial charge in [-0.05, 0) is 27.2 Å². The number of thiazole rings is 1. The number of guanidine groups is 1. The van der Waals surface area contributed by atoms with Gasteiger partial charge in [-0.1, -0.05) is 13.8 Å². The van der Waals surface area contributed by atoms with E-state index in [1.54, 1.807) is 18.4 Å². The van der Waals surface area contributed by atoms with E-state index in [4.69, 9.17) is 4.74 Å². The lowest BCUT2D eigenvalue weighted by Crippen LogP contribution is -2.69. The van der Waals surface area contributed by atoms with Crippen molar-refractivity contribution in [2.24, 2.45) is 10.4 Å². The highest BCUT2D eigenvalue weighted by Crippen LogP contribution is 2.51. The van der Waals surface area contributed by atoms with E-state index in [1.807, 2.05) is 6.92 Å². The third kappa shape index (κ3) is 3.53. The summed E-state index contributed by atoms with van der Waals surface area (Å²) in [5.41, 5.74) is 1.08. The fourth-order valence-electron chi connectivity index (χ4n) is 3.10. The fraction of sp³-hybridized carbons (Fsp3) is 0.765. The van der Waals surface area contributed by atoms with Crippen LogP contribution >= 0.6 is 11.3 Å². The zero-order chi connectivity index (χ0) is 17.3. The van der Waals surface area contributed by atoms with Crippen LogP contribution in [0.5, 0.6) is 0 Å². The molecular weight excluding hydrogens is 308 g/mol. The molecular formula is C17H30N4OS. The quantitative estimate of drug-likeness (QED) is 0.662. The minimum Gasteiger partial charge on any atom is -0.378 e. The lowest BCUT2D eigenvalue weighted by molar-refractivity contribution is -0.177. The van der Waals surface area contributed by atoms with Crippen LogP contribution in [0.3, 0.4) is 0 Å².